The van der Waals surface area contributed by atoms with Gasteiger partial charge in [0.25, 0.3) is 0 Å². The standard InChI is InChI=1S/C12H20N4O/c1-4-11-15-8(2)10(17-11)7-14-12(13)16(3)9-5-6-9/h9H,4-7H2,1-3H3,(H2,13,14). The van der Waals surface area contributed by atoms with E-state index in [0.29, 0.717) is 18.5 Å². The predicted molar refractivity (Wildman–Crippen MR) is 66.7 cm³/mol. The highest BCUT2D eigenvalue weighted by atomic mass is 16.4. The molecule has 0 spiro atoms. The second-order valence-corrected chi connectivity index (χ2v) is 4.49. The van der Waals surface area contributed by atoms with Crippen molar-refractivity contribution in [3.63, 3.8) is 0 Å². The zero-order valence-electron chi connectivity index (χ0n) is 10.7. The smallest absolute Gasteiger partial charge is 0.194 e. The van der Waals surface area contributed by atoms with Crippen LogP contribution in [0, 0.1) is 6.92 Å². The molecule has 1 aliphatic rings. The molecule has 2 N–H and O–H groups in total. The molecular weight excluding hydrogens is 216 g/mol. The molecule has 1 fully saturated rings. The number of nitrogens with two attached hydrogens (primary N) is 1. The molecule has 0 saturated heterocycles. The van der Waals surface area contributed by atoms with Crippen molar-refractivity contribution in [1.29, 1.82) is 0 Å². The van der Waals surface area contributed by atoms with E-state index in [2.05, 4.69) is 9.98 Å². The molecular formula is C12H20N4O. The van der Waals surface area contributed by atoms with Crippen LogP contribution >= 0.6 is 0 Å². The van der Waals surface area contributed by atoms with Gasteiger partial charge in [-0.3, -0.25) is 0 Å². The molecule has 94 valence electrons. The lowest BCUT2D eigenvalue weighted by Gasteiger charge is -2.16. The predicted octanol–water partition coefficient (Wildman–Crippen LogP) is 1.45. The lowest BCUT2D eigenvalue weighted by Crippen LogP contribution is -2.35. The van der Waals surface area contributed by atoms with Crippen LogP contribution in [0.5, 0.6) is 0 Å². The van der Waals surface area contributed by atoms with Gasteiger partial charge in [0.2, 0.25) is 0 Å². The summed E-state index contributed by atoms with van der Waals surface area (Å²) in [5, 5.41) is 0. The minimum Gasteiger partial charge on any atom is -0.443 e. The molecule has 1 aromatic rings. The SMILES string of the molecule is CCc1nc(C)c(CN=C(N)N(C)C2CC2)o1. The summed E-state index contributed by atoms with van der Waals surface area (Å²) >= 11 is 0. The number of hydrogen-bond acceptors (Lipinski definition) is 3. The van der Waals surface area contributed by atoms with Crippen molar-refractivity contribution in [2.75, 3.05) is 7.05 Å². The lowest BCUT2D eigenvalue weighted by molar-refractivity contribution is 0.454. The van der Waals surface area contributed by atoms with E-state index < -0.39 is 0 Å². The topological polar surface area (TPSA) is 67.7 Å². The number of oxazole rings is 1. The first-order chi connectivity index (χ1) is 8.11. The van der Waals surface area contributed by atoms with Crippen LogP contribution in [0.2, 0.25) is 0 Å². The summed E-state index contributed by atoms with van der Waals surface area (Å²) in [4.78, 5) is 10.7. The lowest BCUT2D eigenvalue weighted by atomic mass is 10.4. The fourth-order valence-corrected chi connectivity index (χ4v) is 1.70. The number of rotatable bonds is 4. The highest BCUT2D eigenvalue weighted by Gasteiger charge is 2.27. The van der Waals surface area contributed by atoms with Crippen LogP contribution in [-0.4, -0.2) is 28.9 Å². The van der Waals surface area contributed by atoms with Gasteiger partial charge in [0.05, 0.1) is 5.69 Å². The third-order valence-electron chi connectivity index (χ3n) is 3.08. The van der Waals surface area contributed by atoms with Crippen LogP contribution in [0.1, 0.15) is 37.1 Å². The average molecular weight is 236 g/mol. The van der Waals surface area contributed by atoms with Crippen LogP contribution in [0.4, 0.5) is 0 Å². The normalized spacial score (nSPS) is 16.3. The molecule has 17 heavy (non-hydrogen) atoms. The Hall–Kier alpha value is -1.52. The summed E-state index contributed by atoms with van der Waals surface area (Å²) < 4.78 is 5.58. The van der Waals surface area contributed by atoms with Gasteiger partial charge in [-0.25, -0.2) is 9.98 Å². The van der Waals surface area contributed by atoms with Crippen molar-refractivity contribution >= 4 is 5.96 Å². The van der Waals surface area contributed by atoms with E-state index in [0.717, 1.165) is 23.8 Å². The molecule has 0 radical (unpaired) electrons. The van der Waals surface area contributed by atoms with Crippen molar-refractivity contribution in [1.82, 2.24) is 9.88 Å². The number of aryl methyl sites for hydroxylation is 2. The Labute approximate surface area is 102 Å². The summed E-state index contributed by atoms with van der Waals surface area (Å²) in [7, 11) is 1.99. The molecule has 1 heterocycles. The Balaban J connectivity index is 1.99. The minimum atomic E-state index is 0.474. The van der Waals surface area contributed by atoms with Crippen molar-refractivity contribution in [3.8, 4) is 0 Å². The fraction of sp³-hybridized carbons (Fsp3) is 0.667. The molecule has 0 amide bonds. The zero-order chi connectivity index (χ0) is 12.4. The maximum atomic E-state index is 5.91. The van der Waals surface area contributed by atoms with Crippen LogP contribution in [-0.2, 0) is 13.0 Å². The molecule has 0 aliphatic heterocycles. The molecule has 0 aromatic carbocycles. The van der Waals surface area contributed by atoms with Gasteiger partial charge in [-0.2, -0.15) is 0 Å². The van der Waals surface area contributed by atoms with Crippen molar-refractivity contribution in [2.24, 2.45) is 10.7 Å². The van der Waals surface area contributed by atoms with Gasteiger partial charge >= 0.3 is 0 Å². The maximum absolute atomic E-state index is 5.91. The van der Waals surface area contributed by atoms with E-state index in [1.54, 1.807) is 0 Å². The van der Waals surface area contributed by atoms with Crippen LogP contribution in [0.15, 0.2) is 9.41 Å². The molecule has 1 saturated carbocycles. The second kappa shape index (κ2) is 4.77. The molecule has 0 bridgehead atoms. The monoisotopic (exact) mass is 236 g/mol. The number of aliphatic imine (C=N–C) groups is 1. The number of aromatic nitrogens is 1. The Kier molecular flexibility index (Phi) is 3.36. The van der Waals surface area contributed by atoms with E-state index in [1.807, 2.05) is 25.8 Å². The van der Waals surface area contributed by atoms with E-state index in [-0.39, 0.29) is 0 Å². The largest absolute Gasteiger partial charge is 0.443 e. The second-order valence-electron chi connectivity index (χ2n) is 4.49. The quantitative estimate of drug-likeness (QED) is 0.634. The van der Waals surface area contributed by atoms with Gasteiger partial charge in [0, 0.05) is 19.5 Å². The molecule has 0 unspecified atom stereocenters. The van der Waals surface area contributed by atoms with Gasteiger partial charge in [0.1, 0.15) is 12.3 Å². The van der Waals surface area contributed by atoms with Gasteiger partial charge in [-0.1, -0.05) is 6.92 Å². The zero-order valence-corrected chi connectivity index (χ0v) is 10.7. The Morgan fingerprint density at radius 2 is 2.29 bits per heavy atom. The van der Waals surface area contributed by atoms with E-state index in [1.165, 1.54) is 12.8 Å². The van der Waals surface area contributed by atoms with E-state index >= 15 is 0 Å². The van der Waals surface area contributed by atoms with Gasteiger partial charge in [-0.15, -0.1) is 0 Å². The van der Waals surface area contributed by atoms with Crippen molar-refractivity contribution < 1.29 is 4.42 Å². The summed E-state index contributed by atoms with van der Waals surface area (Å²) in [6.07, 6.45) is 3.24. The molecule has 5 heteroatoms. The molecule has 1 aliphatic carbocycles. The fourth-order valence-electron chi connectivity index (χ4n) is 1.70. The maximum Gasteiger partial charge on any atom is 0.194 e. The highest BCUT2D eigenvalue weighted by Crippen LogP contribution is 2.25. The van der Waals surface area contributed by atoms with Gasteiger partial charge in [0.15, 0.2) is 11.9 Å². The average Bonchev–Trinajstić information content (AvgIpc) is 3.10. The first-order valence-electron chi connectivity index (χ1n) is 6.09. The van der Waals surface area contributed by atoms with Crippen LogP contribution < -0.4 is 5.73 Å². The number of nitrogens with zero attached hydrogens (tertiary/aromatic N) is 3. The number of guanidine groups is 1. The third-order valence-corrected chi connectivity index (χ3v) is 3.08. The van der Waals surface area contributed by atoms with Crippen molar-refractivity contribution in [2.45, 2.75) is 45.7 Å². The molecule has 1 aromatic heterocycles. The molecule has 2 rings (SSSR count). The third kappa shape index (κ3) is 2.78. The highest BCUT2D eigenvalue weighted by molar-refractivity contribution is 5.78. The Morgan fingerprint density at radius 3 is 2.82 bits per heavy atom. The van der Waals surface area contributed by atoms with Crippen molar-refractivity contribution in [3.05, 3.63) is 17.3 Å². The van der Waals surface area contributed by atoms with Crippen LogP contribution in [0.3, 0.4) is 0 Å². The first kappa shape index (κ1) is 12.0. The molecule has 5 nitrogen and oxygen atoms in total. The first-order valence-corrected chi connectivity index (χ1v) is 6.09. The summed E-state index contributed by atoms with van der Waals surface area (Å²) in [5.74, 6) is 2.16. The molecule has 0 atom stereocenters. The summed E-state index contributed by atoms with van der Waals surface area (Å²) in [6.45, 7) is 4.43. The summed E-state index contributed by atoms with van der Waals surface area (Å²) in [5.41, 5.74) is 6.82. The Morgan fingerprint density at radius 1 is 1.59 bits per heavy atom. The van der Waals surface area contributed by atoms with Gasteiger partial charge in [-0.05, 0) is 19.8 Å². The van der Waals surface area contributed by atoms with E-state index in [4.69, 9.17) is 10.2 Å². The Bertz CT molecular complexity index is 420. The van der Waals surface area contributed by atoms with Gasteiger partial charge < -0.3 is 15.1 Å². The van der Waals surface area contributed by atoms with Crippen LogP contribution in [0.25, 0.3) is 0 Å². The summed E-state index contributed by atoms with van der Waals surface area (Å²) in [6, 6.07) is 0.584. The number of hydrogen-bond donors (Lipinski definition) is 1. The van der Waals surface area contributed by atoms with E-state index in [9.17, 15) is 0 Å². The minimum absolute atomic E-state index is 0.474.